The van der Waals surface area contributed by atoms with Crippen molar-refractivity contribution < 1.29 is 39.5 Å². The van der Waals surface area contributed by atoms with Crippen LogP contribution in [-0.4, -0.2) is 67.5 Å². The summed E-state index contributed by atoms with van der Waals surface area (Å²) in [7, 11) is 0. The summed E-state index contributed by atoms with van der Waals surface area (Å²) in [5.41, 5.74) is -4.68. The van der Waals surface area contributed by atoms with Gasteiger partial charge in [0, 0.05) is 36.5 Å². The first kappa shape index (κ1) is 31.3. The van der Waals surface area contributed by atoms with E-state index < -0.39 is 68.8 Å². The third-order valence-corrected chi connectivity index (χ3v) is 12.2. The molecule has 0 aromatic carbocycles. The van der Waals surface area contributed by atoms with E-state index in [1.54, 1.807) is 13.8 Å². The highest BCUT2D eigenvalue weighted by atomic mass is 16.6. The van der Waals surface area contributed by atoms with Gasteiger partial charge in [-0.1, -0.05) is 46.3 Å². The zero-order chi connectivity index (χ0) is 30.4. The van der Waals surface area contributed by atoms with E-state index in [1.807, 2.05) is 27.7 Å². The normalized spacial score (nSPS) is 44.0. The van der Waals surface area contributed by atoms with Gasteiger partial charge in [-0.3, -0.25) is 14.4 Å². The first-order chi connectivity index (χ1) is 18.1. The monoisotopic (exact) mass is 562 g/mol. The minimum atomic E-state index is -1.89. The van der Waals surface area contributed by atoms with Crippen LogP contribution in [0.2, 0.25) is 0 Å². The molecular formula is C32H50O8. The average molecular weight is 563 g/mol. The lowest BCUT2D eigenvalue weighted by molar-refractivity contribution is -0.188. The van der Waals surface area contributed by atoms with Crippen molar-refractivity contribution >= 4 is 17.5 Å². The van der Waals surface area contributed by atoms with Crippen molar-refractivity contribution in [3.05, 3.63) is 11.6 Å². The Hall–Kier alpha value is -1.61. The number of carbonyl (C=O) groups excluding carboxylic acids is 3. The van der Waals surface area contributed by atoms with Crippen molar-refractivity contribution in [2.24, 2.45) is 39.4 Å². The van der Waals surface area contributed by atoms with Crippen molar-refractivity contribution in [3.8, 4) is 0 Å². The van der Waals surface area contributed by atoms with E-state index in [0.29, 0.717) is 19.3 Å². The molecule has 0 heterocycles. The lowest BCUT2D eigenvalue weighted by Crippen LogP contribution is -2.65. The second-order valence-corrected chi connectivity index (χ2v) is 15.4. The van der Waals surface area contributed by atoms with E-state index in [-0.39, 0.29) is 36.9 Å². The molecule has 0 radical (unpaired) electrons. The van der Waals surface area contributed by atoms with E-state index in [0.717, 1.165) is 5.57 Å². The largest absolute Gasteiger partial charge is 0.460 e. The highest BCUT2D eigenvalue weighted by Gasteiger charge is 2.74. The average Bonchev–Trinajstić information content (AvgIpc) is 3.01. The van der Waals surface area contributed by atoms with E-state index in [9.17, 15) is 34.8 Å². The topological polar surface area (TPSA) is 141 Å². The second-order valence-electron chi connectivity index (χ2n) is 15.4. The summed E-state index contributed by atoms with van der Waals surface area (Å²) < 4.78 is 5.32. The van der Waals surface area contributed by atoms with Crippen LogP contribution in [0.25, 0.3) is 0 Å². The van der Waals surface area contributed by atoms with Crippen LogP contribution in [0.5, 0.6) is 0 Å². The molecule has 3 saturated carbocycles. The summed E-state index contributed by atoms with van der Waals surface area (Å²) in [4.78, 5) is 39.4. The van der Waals surface area contributed by atoms with Gasteiger partial charge in [0.05, 0.1) is 18.3 Å². The first-order valence-electron chi connectivity index (χ1n) is 14.8. The summed E-state index contributed by atoms with van der Waals surface area (Å²) in [6.07, 6.45) is 0.776. The van der Waals surface area contributed by atoms with Crippen LogP contribution in [0, 0.1) is 39.4 Å². The number of carbonyl (C=O) groups is 3. The molecule has 0 aromatic rings. The van der Waals surface area contributed by atoms with Gasteiger partial charge < -0.3 is 25.2 Å². The van der Waals surface area contributed by atoms with Gasteiger partial charge in [0.1, 0.15) is 17.0 Å². The summed E-state index contributed by atoms with van der Waals surface area (Å²) in [6.45, 7) is 16.1. The Morgan fingerprint density at radius 1 is 1.02 bits per heavy atom. The van der Waals surface area contributed by atoms with Crippen LogP contribution in [0.3, 0.4) is 0 Å². The molecular weight excluding hydrogens is 512 g/mol. The van der Waals surface area contributed by atoms with Crippen molar-refractivity contribution in [2.45, 2.75) is 130 Å². The Morgan fingerprint density at radius 2 is 1.62 bits per heavy atom. The SMILES string of the molecule is CC(=O)OC(C)(C)CCC(=O)C(C)(O)[C@H]1C(O)CC2(C)C3CC=C4C(CC(O)[C@H](O)C4(C)C)[C@]3(C)C(=O)C[C@]12C. The van der Waals surface area contributed by atoms with Gasteiger partial charge in [0.15, 0.2) is 5.78 Å². The van der Waals surface area contributed by atoms with Gasteiger partial charge in [-0.15, -0.1) is 0 Å². The zero-order valence-electron chi connectivity index (χ0n) is 25.7. The number of rotatable bonds is 6. The van der Waals surface area contributed by atoms with E-state index in [2.05, 4.69) is 13.0 Å². The Bertz CT molecular complexity index is 1120. The fourth-order valence-corrected chi connectivity index (χ4v) is 9.83. The molecule has 0 amide bonds. The minimum absolute atomic E-state index is 0.0193. The van der Waals surface area contributed by atoms with Crippen LogP contribution >= 0.6 is 0 Å². The van der Waals surface area contributed by atoms with Gasteiger partial charge >= 0.3 is 5.97 Å². The Kier molecular flexibility index (Phi) is 7.40. The maximum absolute atomic E-state index is 14.3. The zero-order valence-corrected chi connectivity index (χ0v) is 25.7. The maximum Gasteiger partial charge on any atom is 0.303 e. The number of hydrogen-bond donors (Lipinski definition) is 4. The van der Waals surface area contributed by atoms with Crippen LogP contribution in [-0.2, 0) is 19.1 Å². The number of aliphatic hydroxyl groups excluding tert-OH is 3. The molecule has 4 N–H and O–H groups in total. The third kappa shape index (κ3) is 4.26. The van der Waals surface area contributed by atoms with Gasteiger partial charge in [-0.05, 0) is 69.1 Å². The molecule has 0 aromatic heterocycles. The van der Waals surface area contributed by atoms with Crippen molar-refractivity contribution in [1.82, 2.24) is 0 Å². The highest BCUT2D eigenvalue weighted by Crippen LogP contribution is 2.74. The predicted molar refractivity (Wildman–Crippen MR) is 149 cm³/mol. The molecule has 0 aliphatic heterocycles. The lowest BCUT2D eigenvalue weighted by atomic mass is 9.38. The quantitative estimate of drug-likeness (QED) is 0.285. The van der Waals surface area contributed by atoms with Gasteiger partial charge in [-0.25, -0.2) is 0 Å². The maximum atomic E-state index is 14.3. The van der Waals surface area contributed by atoms with E-state index in [1.165, 1.54) is 13.8 Å². The molecule has 0 saturated heterocycles. The molecule has 6 unspecified atom stereocenters. The number of Topliss-reactive ketones (excluding diaryl/α,β-unsaturated/α-hetero) is 2. The number of fused-ring (bicyclic) bond motifs is 5. The van der Waals surface area contributed by atoms with Crippen LogP contribution < -0.4 is 0 Å². The molecule has 0 spiro atoms. The molecule has 4 aliphatic carbocycles. The molecule has 3 fully saturated rings. The Balaban J connectivity index is 1.70. The van der Waals surface area contributed by atoms with Gasteiger partial charge in [0.25, 0.3) is 0 Å². The Morgan fingerprint density at radius 3 is 2.20 bits per heavy atom. The van der Waals surface area contributed by atoms with E-state index in [4.69, 9.17) is 4.74 Å². The fraction of sp³-hybridized carbons (Fsp3) is 0.844. The summed E-state index contributed by atoms with van der Waals surface area (Å²) in [6, 6.07) is 0. The van der Waals surface area contributed by atoms with Crippen molar-refractivity contribution in [3.63, 3.8) is 0 Å². The smallest absolute Gasteiger partial charge is 0.303 e. The summed E-state index contributed by atoms with van der Waals surface area (Å²) in [5, 5.41) is 45.0. The molecule has 226 valence electrons. The number of hydrogen-bond acceptors (Lipinski definition) is 8. The third-order valence-electron chi connectivity index (χ3n) is 12.2. The van der Waals surface area contributed by atoms with Crippen LogP contribution in [0.1, 0.15) is 101 Å². The number of ether oxygens (including phenoxy) is 1. The molecule has 10 atom stereocenters. The van der Waals surface area contributed by atoms with Crippen molar-refractivity contribution in [2.75, 3.05) is 0 Å². The van der Waals surface area contributed by atoms with Crippen LogP contribution in [0.4, 0.5) is 0 Å². The first-order valence-corrected chi connectivity index (χ1v) is 14.8. The minimum Gasteiger partial charge on any atom is -0.460 e. The molecule has 4 rings (SSSR count). The lowest BCUT2D eigenvalue weighted by Gasteiger charge is -2.65. The summed E-state index contributed by atoms with van der Waals surface area (Å²) in [5.74, 6) is -2.15. The number of aliphatic hydroxyl groups is 4. The molecule has 8 heteroatoms. The molecule has 40 heavy (non-hydrogen) atoms. The molecule has 8 nitrogen and oxygen atoms in total. The molecule has 4 aliphatic rings. The summed E-state index contributed by atoms with van der Waals surface area (Å²) >= 11 is 0. The standard InChI is InChI=1S/C32H50O8/c1-17(33)40-27(2,3)13-12-23(36)32(9,39)25-21(35)15-29(6)22-11-10-18-19(14-20(34)26(38)28(18,4)5)31(22,8)24(37)16-30(25,29)7/h10,19-22,25-26,34-35,38-39H,11-16H2,1-9H3/t19?,20?,21?,22?,25-,26-,29?,30+,31-,32?/m0/s1. The highest BCUT2D eigenvalue weighted by molar-refractivity contribution is 5.90. The van der Waals surface area contributed by atoms with Crippen LogP contribution in [0.15, 0.2) is 11.6 Å². The van der Waals surface area contributed by atoms with Gasteiger partial charge in [0.2, 0.25) is 0 Å². The number of ketones is 2. The van der Waals surface area contributed by atoms with E-state index >= 15 is 0 Å². The van der Waals surface area contributed by atoms with Gasteiger partial charge in [-0.2, -0.15) is 0 Å². The second kappa shape index (κ2) is 9.45. The predicted octanol–water partition coefficient (Wildman–Crippen LogP) is 3.52. The fourth-order valence-electron chi connectivity index (χ4n) is 9.83. The van der Waals surface area contributed by atoms with Crippen molar-refractivity contribution in [1.29, 1.82) is 0 Å². The number of allylic oxidation sites excluding steroid dienone is 1. The Labute approximate surface area is 238 Å². The molecule has 0 bridgehead atoms. The number of esters is 1.